The van der Waals surface area contributed by atoms with E-state index in [-0.39, 0.29) is 19.2 Å². The first-order valence-electron chi connectivity index (χ1n) is 15.8. The van der Waals surface area contributed by atoms with Crippen molar-refractivity contribution in [3.8, 4) is 0 Å². The Balaban J connectivity index is 1.45. The van der Waals surface area contributed by atoms with Crippen LogP contribution in [0.3, 0.4) is 0 Å². The normalized spacial score (nSPS) is 15.1. The second kappa shape index (κ2) is 16.4. The molecule has 0 aliphatic heterocycles. The molecule has 12 heteroatoms. The molecular formula is C38H39N3O9. The zero-order valence-corrected chi connectivity index (χ0v) is 27.9. The van der Waals surface area contributed by atoms with Crippen LogP contribution < -0.4 is 11.0 Å². The quantitative estimate of drug-likeness (QED) is 0.159. The van der Waals surface area contributed by atoms with Gasteiger partial charge in [0.1, 0.15) is 24.3 Å². The minimum Gasteiger partial charge on any atom is -0.479 e. The molecule has 1 aliphatic carbocycles. The van der Waals surface area contributed by atoms with Crippen molar-refractivity contribution in [2.45, 2.75) is 36.7 Å². The van der Waals surface area contributed by atoms with Crippen molar-refractivity contribution in [2.24, 2.45) is 0 Å². The summed E-state index contributed by atoms with van der Waals surface area (Å²) in [7, 11) is 4.40. The van der Waals surface area contributed by atoms with Crippen molar-refractivity contribution in [2.75, 3.05) is 33.3 Å². The molecule has 0 spiro atoms. The van der Waals surface area contributed by atoms with Gasteiger partial charge in [0.15, 0.2) is 11.9 Å². The van der Waals surface area contributed by atoms with Gasteiger partial charge >= 0.3 is 11.7 Å². The summed E-state index contributed by atoms with van der Waals surface area (Å²) in [5.41, 5.74) is 0.766. The number of ether oxygens (including phenoxy) is 5. The summed E-state index contributed by atoms with van der Waals surface area (Å²) in [6.07, 6.45) is 4.78. The molecule has 0 radical (unpaired) electrons. The number of carboxylic acid groups (broad SMARTS) is 1. The third kappa shape index (κ3) is 7.96. The highest BCUT2D eigenvalue weighted by Crippen LogP contribution is 2.44. The van der Waals surface area contributed by atoms with Crippen LogP contribution in [-0.4, -0.2) is 72.5 Å². The number of methoxy groups -OCH3 is 3. The highest BCUT2D eigenvalue weighted by atomic mass is 16.7. The molecule has 0 bridgehead atoms. The lowest BCUT2D eigenvalue weighted by Crippen LogP contribution is -2.45. The number of nitrogens with zero attached hydrogens (tertiary/aromatic N) is 2. The number of rotatable bonds is 16. The molecule has 0 saturated heterocycles. The van der Waals surface area contributed by atoms with Crippen molar-refractivity contribution in [1.29, 1.82) is 0 Å². The van der Waals surface area contributed by atoms with Gasteiger partial charge in [0.25, 0.3) is 5.91 Å². The second-order valence-electron chi connectivity index (χ2n) is 11.4. The highest BCUT2D eigenvalue weighted by molar-refractivity contribution is 6.03. The Bertz CT molecular complexity index is 1820. The van der Waals surface area contributed by atoms with Crippen LogP contribution in [0.25, 0.3) is 0 Å². The van der Waals surface area contributed by atoms with Crippen LogP contribution in [0.15, 0.2) is 132 Å². The first-order valence-corrected chi connectivity index (χ1v) is 15.8. The summed E-state index contributed by atoms with van der Waals surface area (Å²) in [4.78, 5) is 41.8. The Labute approximate surface area is 289 Å². The van der Waals surface area contributed by atoms with Gasteiger partial charge in [-0.15, -0.1) is 0 Å². The van der Waals surface area contributed by atoms with Crippen LogP contribution >= 0.6 is 0 Å². The number of nitrogens with one attached hydrogen (secondary N) is 1. The van der Waals surface area contributed by atoms with Crippen molar-refractivity contribution in [1.82, 2.24) is 9.55 Å². The molecule has 0 fully saturated rings. The lowest BCUT2D eigenvalue weighted by molar-refractivity contribution is -0.173. The maximum Gasteiger partial charge on any atom is 0.351 e. The van der Waals surface area contributed by atoms with Gasteiger partial charge in [0.05, 0.1) is 6.61 Å². The van der Waals surface area contributed by atoms with Crippen molar-refractivity contribution < 1.29 is 38.4 Å². The van der Waals surface area contributed by atoms with E-state index >= 15 is 0 Å². The van der Waals surface area contributed by atoms with E-state index in [0.717, 1.165) is 21.3 Å². The molecule has 260 valence electrons. The predicted molar refractivity (Wildman–Crippen MR) is 184 cm³/mol. The molecule has 1 amide bonds. The fourth-order valence-electron chi connectivity index (χ4n) is 5.74. The van der Waals surface area contributed by atoms with Gasteiger partial charge in [-0.3, -0.25) is 9.36 Å². The Hall–Kier alpha value is -5.24. The molecule has 1 aromatic heterocycles. The molecule has 2 unspecified atom stereocenters. The van der Waals surface area contributed by atoms with Crippen molar-refractivity contribution in [3.05, 3.63) is 154 Å². The number of aliphatic carboxylic acids is 1. The van der Waals surface area contributed by atoms with Gasteiger partial charge < -0.3 is 34.1 Å². The number of hydrogen-bond donors (Lipinski definition) is 2. The van der Waals surface area contributed by atoms with Crippen LogP contribution in [0.2, 0.25) is 0 Å². The van der Waals surface area contributed by atoms with Crippen LogP contribution in [0.5, 0.6) is 0 Å². The molecule has 1 heterocycles. The van der Waals surface area contributed by atoms with Gasteiger partial charge in [-0.1, -0.05) is 91.0 Å². The van der Waals surface area contributed by atoms with Crippen LogP contribution in [0.4, 0.5) is 5.82 Å². The van der Waals surface area contributed by atoms with E-state index in [9.17, 15) is 19.5 Å². The Morgan fingerprint density at radius 2 is 1.52 bits per heavy atom. The summed E-state index contributed by atoms with van der Waals surface area (Å²) in [6, 6.07) is 29.1. The summed E-state index contributed by atoms with van der Waals surface area (Å²) in [5, 5.41) is 12.7. The van der Waals surface area contributed by atoms with Gasteiger partial charge in [0, 0.05) is 39.5 Å². The molecule has 0 saturated carbocycles. The number of carbonyl (C=O) groups is 2. The van der Waals surface area contributed by atoms with Gasteiger partial charge in [-0.25, -0.2) is 9.59 Å². The lowest BCUT2D eigenvalue weighted by atomic mass is 9.77. The largest absolute Gasteiger partial charge is 0.479 e. The third-order valence-corrected chi connectivity index (χ3v) is 8.46. The molecule has 50 heavy (non-hydrogen) atoms. The summed E-state index contributed by atoms with van der Waals surface area (Å²) >= 11 is 0. The van der Waals surface area contributed by atoms with Crippen molar-refractivity contribution >= 4 is 17.7 Å². The molecule has 4 aromatic rings. The van der Waals surface area contributed by atoms with E-state index in [1.165, 1.54) is 19.4 Å². The summed E-state index contributed by atoms with van der Waals surface area (Å²) in [6.45, 7) is -0.650. The third-order valence-electron chi connectivity index (χ3n) is 8.46. The molecule has 3 aromatic carbocycles. The fourth-order valence-corrected chi connectivity index (χ4v) is 5.74. The zero-order valence-electron chi connectivity index (χ0n) is 27.9. The lowest BCUT2D eigenvalue weighted by Gasteiger charge is -2.40. The molecule has 2 N–H and O–H groups in total. The van der Waals surface area contributed by atoms with Crippen LogP contribution in [-0.2, 0) is 40.8 Å². The van der Waals surface area contributed by atoms with Gasteiger partial charge in [-0.05, 0) is 41.0 Å². The minimum atomic E-state index is -1.46. The van der Waals surface area contributed by atoms with Crippen LogP contribution in [0.1, 0.15) is 27.9 Å². The standard InChI is InChI=1S/C38H39N3O9/c1-46-33(35(43)44)31(49-26-41-24-21-32(40-36(41)45)39-34(42)27-13-7-4-8-14-27)25-50-38(28-15-9-5-10-16-28,29-17-11-6-12-18-29)30-19-22-37(47-2,48-3)23-20-30/h4-22,24,31,33H,23,25-26H2,1-3H3,(H,43,44)(H,39,40,42,45). The fraction of sp³-hybridized carbons (Fsp3) is 0.263. The Kier molecular flexibility index (Phi) is 11.9. The maximum atomic E-state index is 12.9. The number of carbonyl (C=O) groups excluding carboxylic acids is 1. The number of amides is 1. The van der Waals surface area contributed by atoms with E-state index in [2.05, 4.69) is 10.3 Å². The minimum absolute atomic E-state index is 0.0515. The molecule has 1 aliphatic rings. The summed E-state index contributed by atoms with van der Waals surface area (Å²) < 4.78 is 30.7. The maximum absolute atomic E-state index is 12.9. The second-order valence-corrected chi connectivity index (χ2v) is 11.4. The zero-order chi connectivity index (χ0) is 35.6. The molecule has 12 nitrogen and oxygen atoms in total. The van der Waals surface area contributed by atoms with Gasteiger partial charge in [-0.2, -0.15) is 4.98 Å². The van der Waals surface area contributed by atoms with E-state index in [1.54, 1.807) is 44.6 Å². The monoisotopic (exact) mass is 681 g/mol. The molecule has 2 atom stereocenters. The van der Waals surface area contributed by atoms with E-state index in [0.29, 0.717) is 12.0 Å². The van der Waals surface area contributed by atoms with E-state index < -0.39 is 41.2 Å². The number of aromatic nitrogens is 2. The van der Waals surface area contributed by atoms with Crippen molar-refractivity contribution in [3.63, 3.8) is 0 Å². The average molecular weight is 682 g/mol. The van der Waals surface area contributed by atoms with Gasteiger partial charge in [0.2, 0.25) is 0 Å². The Morgan fingerprint density at radius 1 is 0.920 bits per heavy atom. The Morgan fingerprint density at radius 3 is 2.02 bits per heavy atom. The number of hydrogen-bond acceptors (Lipinski definition) is 9. The highest BCUT2D eigenvalue weighted by Gasteiger charge is 2.43. The summed E-state index contributed by atoms with van der Waals surface area (Å²) in [5.74, 6) is -2.61. The SMILES string of the molecule is COC(C(=O)O)C(COC(C1=CCC(OC)(OC)C=C1)(c1ccccc1)c1ccccc1)OCn1ccc(NC(=O)c2ccccc2)nc1=O. The average Bonchev–Trinajstić information content (AvgIpc) is 3.16. The number of carboxylic acids is 1. The first-order chi connectivity index (χ1) is 24.2. The molecule has 5 rings (SSSR count). The predicted octanol–water partition coefficient (Wildman–Crippen LogP) is 4.77. The van der Waals surface area contributed by atoms with E-state index in [1.807, 2.05) is 78.9 Å². The number of benzene rings is 3. The smallest absolute Gasteiger partial charge is 0.351 e. The van der Waals surface area contributed by atoms with E-state index in [4.69, 9.17) is 23.7 Å². The molecular weight excluding hydrogens is 642 g/mol. The first kappa shape index (κ1) is 36.1. The van der Waals surface area contributed by atoms with Crippen LogP contribution in [0, 0.1) is 0 Å². The number of anilines is 1. The topological polar surface area (TPSA) is 147 Å².